The number of nitrogens with zero attached hydrogens (tertiary/aromatic N) is 2. The van der Waals surface area contributed by atoms with Gasteiger partial charge in [-0.1, -0.05) is 30.0 Å². The molecule has 0 unspecified atom stereocenters. The van der Waals surface area contributed by atoms with Gasteiger partial charge in [-0.3, -0.25) is 5.10 Å². The highest BCUT2D eigenvalue weighted by Gasteiger charge is 2.22. The molecule has 0 spiro atoms. The van der Waals surface area contributed by atoms with Gasteiger partial charge in [0.2, 0.25) is 0 Å². The molecule has 0 radical (unpaired) electrons. The number of anilines is 1. The second-order valence-corrected chi connectivity index (χ2v) is 6.92. The molecule has 0 saturated carbocycles. The van der Waals surface area contributed by atoms with Crippen LogP contribution in [0.3, 0.4) is 0 Å². The Morgan fingerprint density at radius 3 is 2.64 bits per heavy atom. The van der Waals surface area contributed by atoms with Crippen LogP contribution in [0.15, 0.2) is 42.6 Å². The first-order valence-corrected chi connectivity index (χ1v) is 9.17. The van der Waals surface area contributed by atoms with Gasteiger partial charge in [-0.2, -0.15) is 5.10 Å². The Bertz CT molecular complexity index is 898. The van der Waals surface area contributed by atoms with Crippen LogP contribution in [0.25, 0.3) is 10.6 Å². The molecule has 0 aliphatic carbocycles. The van der Waals surface area contributed by atoms with Gasteiger partial charge in [-0.25, -0.2) is 0 Å². The van der Waals surface area contributed by atoms with E-state index < -0.39 is 0 Å². The molecule has 1 aliphatic rings. The Morgan fingerprint density at radius 2 is 1.92 bits per heavy atom. The van der Waals surface area contributed by atoms with Crippen molar-refractivity contribution in [2.75, 3.05) is 31.2 Å². The standard InChI is InChI=1S/C20H19N3OS/c1-15-17(8-7-16-5-3-2-4-6-16)20(23-11-13-24-14-12-23)25-19(15)18-9-10-21-22-18/h2-6,9-10H,11-14H2,1H3,(H,21,22). The highest BCUT2D eigenvalue weighted by molar-refractivity contribution is 7.19. The van der Waals surface area contributed by atoms with Gasteiger partial charge in [0.05, 0.1) is 29.3 Å². The predicted octanol–water partition coefficient (Wildman–Crippen LogP) is 3.68. The first kappa shape index (κ1) is 15.9. The van der Waals surface area contributed by atoms with Crippen LogP contribution in [0.2, 0.25) is 0 Å². The van der Waals surface area contributed by atoms with E-state index in [9.17, 15) is 0 Å². The molecule has 0 atom stereocenters. The summed E-state index contributed by atoms with van der Waals surface area (Å²) in [5.41, 5.74) is 4.40. The van der Waals surface area contributed by atoms with Gasteiger partial charge in [0, 0.05) is 24.8 Å². The van der Waals surface area contributed by atoms with Crippen molar-refractivity contribution in [1.82, 2.24) is 10.2 Å². The summed E-state index contributed by atoms with van der Waals surface area (Å²) in [6.07, 6.45) is 1.79. The number of nitrogens with one attached hydrogen (secondary N) is 1. The van der Waals surface area contributed by atoms with Crippen LogP contribution < -0.4 is 4.90 Å². The summed E-state index contributed by atoms with van der Waals surface area (Å²) in [5.74, 6) is 6.73. The molecule has 1 N–H and O–H groups in total. The molecule has 2 aromatic heterocycles. The number of rotatable bonds is 2. The van der Waals surface area contributed by atoms with Gasteiger partial charge in [0.1, 0.15) is 5.00 Å². The molecule has 4 nitrogen and oxygen atoms in total. The zero-order valence-electron chi connectivity index (χ0n) is 14.1. The van der Waals surface area contributed by atoms with Crippen molar-refractivity contribution in [1.29, 1.82) is 0 Å². The molecule has 3 aromatic rings. The van der Waals surface area contributed by atoms with E-state index >= 15 is 0 Å². The highest BCUT2D eigenvalue weighted by Crippen LogP contribution is 2.41. The molecule has 0 amide bonds. The van der Waals surface area contributed by atoms with Gasteiger partial charge >= 0.3 is 0 Å². The molecule has 25 heavy (non-hydrogen) atoms. The van der Waals surface area contributed by atoms with Gasteiger partial charge < -0.3 is 9.64 Å². The topological polar surface area (TPSA) is 41.2 Å². The molecule has 1 fully saturated rings. The Kier molecular flexibility index (Phi) is 4.55. The normalized spacial score (nSPS) is 14.2. The largest absolute Gasteiger partial charge is 0.378 e. The quantitative estimate of drug-likeness (QED) is 0.718. The first-order valence-electron chi connectivity index (χ1n) is 8.36. The summed E-state index contributed by atoms with van der Waals surface area (Å²) in [4.78, 5) is 3.59. The zero-order chi connectivity index (χ0) is 17.1. The summed E-state index contributed by atoms with van der Waals surface area (Å²) in [6, 6.07) is 12.1. The number of thiophene rings is 1. The first-order chi connectivity index (χ1) is 12.3. The van der Waals surface area contributed by atoms with Crippen molar-refractivity contribution < 1.29 is 4.74 Å². The second-order valence-electron chi connectivity index (χ2n) is 5.92. The van der Waals surface area contributed by atoms with Crippen LogP contribution >= 0.6 is 11.3 Å². The summed E-state index contributed by atoms with van der Waals surface area (Å²) < 4.78 is 5.51. The van der Waals surface area contributed by atoms with Crippen molar-refractivity contribution in [3.63, 3.8) is 0 Å². The van der Waals surface area contributed by atoms with Gasteiger partial charge in [0.15, 0.2) is 0 Å². The van der Waals surface area contributed by atoms with E-state index in [1.807, 2.05) is 36.4 Å². The number of ether oxygens (including phenoxy) is 1. The van der Waals surface area contributed by atoms with Crippen LogP contribution in [-0.2, 0) is 4.74 Å². The molecule has 1 aromatic carbocycles. The Morgan fingerprint density at radius 1 is 1.12 bits per heavy atom. The van der Waals surface area contributed by atoms with Gasteiger partial charge in [0.25, 0.3) is 0 Å². The number of benzene rings is 1. The Labute approximate surface area is 151 Å². The summed E-state index contributed by atoms with van der Waals surface area (Å²) in [5, 5.41) is 8.41. The van der Waals surface area contributed by atoms with Crippen LogP contribution in [0.4, 0.5) is 5.00 Å². The van der Waals surface area contributed by atoms with Gasteiger partial charge in [-0.15, -0.1) is 11.3 Å². The lowest BCUT2D eigenvalue weighted by Crippen LogP contribution is -2.36. The number of aromatic amines is 1. The maximum Gasteiger partial charge on any atom is 0.108 e. The van der Waals surface area contributed by atoms with E-state index in [0.29, 0.717) is 0 Å². The lowest BCUT2D eigenvalue weighted by Gasteiger charge is -2.27. The van der Waals surface area contributed by atoms with Crippen LogP contribution in [0.1, 0.15) is 16.7 Å². The molecule has 0 bridgehead atoms. The molecule has 126 valence electrons. The fourth-order valence-corrected chi connectivity index (χ4v) is 4.22. The average Bonchev–Trinajstić information content (AvgIpc) is 3.30. The van der Waals surface area contributed by atoms with E-state index in [1.165, 1.54) is 15.4 Å². The summed E-state index contributed by atoms with van der Waals surface area (Å²) >= 11 is 1.78. The predicted molar refractivity (Wildman–Crippen MR) is 102 cm³/mol. The average molecular weight is 349 g/mol. The van der Waals surface area contributed by atoms with Crippen molar-refractivity contribution in [2.45, 2.75) is 6.92 Å². The summed E-state index contributed by atoms with van der Waals surface area (Å²) in [6.45, 7) is 5.49. The molecule has 4 rings (SSSR count). The lowest BCUT2D eigenvalue weighted by molar-refractivity contribution is 0.123. The molecule has 5 heteroatoms. The molecular weight excluding hydrogens is 330 g/mol. The maximum absolute atomic E-state index is 5.51. The van der Waals surface area contributed by atoms with Crippen molar-refractivity contribution >= 4 is 16.3 Å². The van der Waals surface area contributed by atoms with Crippen LogP contribution in [-0.4, -0.2) is 36.5 Å². The number of aromatic nitrogens is 2. The van der Waals surface area contributed by atoms with Crippen molar-refractivity contribution in [3.8, 4) is 22.4 Å². The van der Waals surface area contributed by atoms with Crippen molar-refractivity contribution in [3.05, 3.63) is 59.3 Å². The van der Waals surface area contributed by atoms with E-state index in [0.717, 1.165) is 43.1 Å². The van der Waals surface area contributed by atoms with E-state index in [2.05, 4.69) is 33.9 Å². The molecular formula is C20H19N3OS. The minimum Gasteiger partial charge on any atom is -0.378 e. The lowest BCUT2D eigenvalue weighted by atomic mass is 10.1. The van der Waals surface area contributed by atoms with E-state index in [4.69, 9.17) is 4.74 Å². The molecule has 3 heterocycles. The third-order valence-electron chi connectivity index (χ3n) is 4.28. The second kappa shape index (κ2) is 7.14. The van der Waals surface area contributed by atoms with E-state index in [-0.39, 0.29) is 0 Å². The maximum atomic E-state index is 5.51. The molecule has 1 aliphatic heterocycles. The smallest absolute Gasteiger partial charge is 0.108 e. The van der Waals surface area contributed by atoms with Crippen molar-refractivity contribution in [2.24, 2.45) is 0 Å². The van der Waals surface area contributed by atoms with E-state index in [1.54, 1.807) is 17.5 Å². The van der Waals surface area contributed by atoms with Crippen LogP contribution in [0, 0.1) is 18.8 Å². The number of hydrogen-bond donors (Lipinski definition) is 1. The third-order valence-corrected chi connectivity index (χ3v) is 5.66. The summed E-state index contributed by atoms with van der Waals surface area (Å²) in [7, 11) is 0. The zero-order valence-corrected chi connectivity index (χ0v) is 14.9. The fraction of sp³-hybridized carbons (Fsp3) is 0.250. The third kappa shape index (κ3) is 3.32. The Balaban J connectivity index is 1.79. The number of H-pyrrole nitrogens is 1. The van der Waals surface area contributed by atoms with Gasteiger partial charge in [-0.05, 0) is 30.7 Å². The minimum absolute atomic E-state index is 0.766. The number of morpholine rings is 1. The number of hydrogen-bond acceptors (Lipinski definition) is 4. The molecule has 1 saturated heterocycles. The fourth-order valence-electron chi connectivity index (χ4n) is 2.93. The monoisotopic (exact) mass is 349 g/mol. The SMILES string of the molecule is Cc1c(-c2ccn[nH]2)sc(N2CCOCC2)c1C#Cc1ccccc1. The Hall–Kier alpha value is -2.55. The highest BCUT2D eigenvalue weighted by atomic mass is 32.1. The van der Waals surface area contributed by atoms with Crippen LogP contribution in [0.5, 0.6) is 0 Å². The minimum atomic E-state index is 0.766.